The monoisotopic (exact) mass is 818 g/mol. The van der Waals surface area contributed by atoms with Crippen molar-refractivity contribution in [1.29, 1.82) is 0 Å². The lowest BCUT2D eigenvalue weighted by Gasteiger charge is -2.35. The van der Waals surface area contributed by atoms with Crippen LogP contribution in [0.2, 0.25) is 0 Å². The highest BCUT2D eigenvalue weighted by Crippen LogP contribution is 2.25. The van der Waals surface area contributed by atoms with Crippen molar-refractivity contribution in [1.82, 2.24) is 20.4 Å². The lowest BCUT2D eigenvalue weighted by molar-refractivity contribution is -0.166. The van der Waals surface area contributed by atoms with Gasteiger partial charge in [0.15, 0.2) is 0 Å². The summed E-state index contributed by atoms with van der Waals surface area (Å²) in [5, 5.41) is 27.2. The summed E-state index contributed by atoms with van der Waals surface area (Å²) >= 11 is 0. The number of likely N-dealkylation sites (N-methyl/N-ethyl adjacent to an activating group) is 1. The van der Waals surface area contributed by atoms with Crippen molar-refractivity contribution in [3.63, 3.8) is 0 Å². The molecule has 0 unspecified atom stereocenters. The molecular weight excluding hydrogens is 748 g/mol. The highest BCUT2D eigenvalue weighted by molar-refractivity contribution is 5.95. The zero-order valence-corrected chi connectivity index (χ0v) is 36.0. The third-order valence-electron chi connectivity index (χ3n) is 11.1. The highest BCUT2D eigenvalue weighted by Gasteiger charge is 2.43. The Morgan fingerprint density at radius 1 is 0.983 bits per heavy atom. The smallest absolute Gasteiger partial charge is 0.308 e. The molecule has 1 fully saturated rings. The van der Waals surface area contributed by atoms with Gasteiger partial charge in [0.1, 0.15) is 42.1 Å². The summed E-state index contributed by atoms with van der Waals surface area (Å²) in [5.41, 5.74) is 12.7. The fraction of sp³-hybridized carbons (Fsp3) is 0.714. The van der Waals surface area contributed by atoms with Gasteiger partial charge in [-0.1, -0.05) is 67.0 Å². The van der Waals surface area contributed by atoms with Gasteiger partial charge in [-0.25, -0.2) is 0 Å². The highest BCUT2D eigenvalue weighted by atomic mass is 16.6. The molecule has 0 spiro atoms. The number of amides is 4. The van der Waals surface area contributed by atoms with Crippen molar-refractivity contribution in [3.8, 4) is 5.75 Å². The summed E-state index contributed by atoms with van der Waals surface area (Å²) < 4.78 is 10.9. The number of likely N-dealkylation sites (tertiary alicyclic amines) is 1. The predicted molar refractivity (Wildman–Crippen MR) is 219 cm³/mol. The number of esters is 1. The molecule has 0 saturated carbocycles. The number of nitrogens with two attached hydrogens (primary N) is 2. The van der Waals surface area contributed by atoms with E-state index < -0.39 is 96.0 Å². The number of carbonyl (C=O) groups excluding carboxylic acids is 6. The minimum absolute atomic E-state index is 0.0374. The van der Waals surface area contributed by atoms with Crippen LogP contribution in [0.4, 0.5) is 0 Å². The van der Waals surface area contributed by atoms with E-state index in [9.17, 15) is 39.0 Å². The van der Waals surface area contributed by atoms with Gasteiger partial charge in [0, 0.05) is 32.1 Å². The van der Waals surface area contributed by atoms with E-state index in [0.29, 0.717) is 30.6 Å². The van der Waals surface area contributed by atoms with Gasteiger partial charge in [-0.3, -0.25) is 28.8 Å². The molecule has 16 heteroatoms. The molecule has 1 aromatic rings. The molecule has 327 valence electrons. The second-order valence-electron chi connectivity index (χ2n) is 16.6. The average Bonchev–Trinajstić information content (AvgIpc) is 3.68. The number of aliphatic hydroxyl groups is 2. The topological polar surface area (TPSA) is 244 Å². The molecule has 58 heavy (non-hydrogen) atoms. The molecule has 1 aromatic carbocycles. The standard InChI is InChI=1S/C42H69N6O10/c1-11-25(6)36(44)34(50)21-35(51)58-38(24(4)5)37(52)26(7)39(53)45-30(19-23(2)3)41(55)48-18-12-13-32(48)42(56)47(9)33(40(54)46-31(22-49)27(8)43)20-28-14-16-29(57-10)17-15-28/h14-17,23-27,30-34,36-38,50,52H,11-13,18-21,43-44H2,1-10H3,(H,45,53)(H,46,54)/t25-,26-,27+,30-,31+,32-,33-,34-,36+,37-,38-/m0/s1. The summed E-state index contributed by atoms with van der Waals surface area (Å²) in [6.07, 6.45) is -0.536. The minimum atomic E-state index is -1.46. The predicted octanol–water partition coefficient (Wildman–Crippen LogP) is 1.22. The molecule has 1 aliphatic rings. The fourth-order valence-corrected chi connectivity index (χ4v) is 6.98. The third kappa shape index (κ3) is 14.0. The van der Waals surface area contributed by atoms with E-state index in [1.165, 1.54) is 30.9 Å². The average molecular weight is 818 g/mol. The van der Waals surface area contributed by atoms with Gasteiger partial charge in [-0.05, 0) is 61.6 Å². The number of methoxy groups -OCH3 is 1. The lowest BCUT2D eigenvalue weighted by atomic mass is 9.91. The van der Waals surface area contributed by atoms with Crippen molar-refractivity contribution in [3.05, 3.63) is 29.8 Å². The Kier molecular flexibility index (Phi) is 20.2. The number of hydrogen-bond donors (Lipinski definition) is 6. The first-order valence-electron chi connectivity index (χ1n) is 20.4. The summed E-state index contributed by atoms with van der Waals surface area (Å²) in [5.74, 6) is -4.06. The van der Waals surface area contributed by atoms with Crippen LogP contribution in [0, 0.1) is 23.7 Å². The van der Waals surface area contributed by atoms with E-state index in [2.05, 4.69) is 10.6 Å². The fourth-order valence-electron chi connectivity index (χ4n) is 6.98. The molecule has 0 bridgehead atoms. The molecule has 8 N–H and O–H groups in total. The van der Waals surface area contributed by atoms with Crippen molar-refractivity contribution >= 4 is 35.9 Å². The number of rotatable bonds is 23. The van der Waals surface area contributed by atoms with Crippen molar-refractivity contribution in [2.45, 2.75) is 148 Å². The van der Waals surface area contributed by atoms with Crippen LogP contribution in [0.5, 0.6) is 5.75 Å². The molecule has 11 atom stereocenters. The summed E-state index contributed by atoms with van der Waals surface area (Å²) in [6.45, 7) is 14.3. The quantitative estimate of drug-likeness (QED) is 0.0855. The third-order valence-corrected chi connectivity index (χ3v) is 11.1. The van der Waals surface area contributed by atoms with Crippen LogP contribution >= 0.6 is 0 Å². The molecule has 1 saturated heterocycles. The second-order valence-corrected chi connectivity index (χ2v) is 16.6. The van der Waals surface area contributed by atoms with Gasteiger partial charge in [0.2, 0.25) is 29.9 Å². The minimum Gasteiger partial charge on any atom is -0.497 e. The molecule has 1 radical (unpaired) electrons. The number of hydrogen-bond acceptors (Lipinski definition) is 12. The van der Waals surface area contributed by atoms with E-state index in [4.69, 9.17) is 20.9 Å². The Morgan fingerprint density at radius 2 is 1.60 bits per heavy atom. The molecule has 1 aliphatic heterocycles. The molecule has 0 aliphatic carbocycles. The molecule has 2 rings (SSSR count). The molecule has 4 amide bonds. The van der Waals surface area contributed by atoms with Gasteiger partial charge < -0.3 is 51.6 Å². The second kappa shape index (κ2) is 23.5. The SMILES string of the molecule is CC[C@H](C)[C@@H](N)[C@@H](O)CC(=O)O[C@@H](C(C)C)[C@@H](O)[C@H](C)C(=O)N[C@@H](CC(C)C)C(=O)N1CCC[C@H]1C(=O)N(C)[C@@H](Cc1ccc(OC)cc1)C(=O)N[C@H]([C]=O)[C@@H](C)N. The van der Waals surface area contributed by atoms with Gasteiger partial charge in [0.25, 0.3) is 0 Å². The number of benzene rings is 1. The van der Waals surface area contributed by atoms with E-state index in [1.807, 2.05) is 27.7 Å². The number of nitrogens with zero attached hydrogens (tertiary/aromatic N) is 2. The van der Waals surface area contributed by atoms with Crippen LogP contribution in [-0.2, 0) is 39.9 Å². The van der Waals surface area contributed by atoms with Crippen LogP contribution in [-0.4, -0.2) is 131 Å². The summed E-state index contributed by atoms with van der Waals surface area (Å²) in [6, 6.07) is 1.36. The maximum absolute atomic E-state index is 14.3. The van der Waals surface area contributed by atoms with Crippen LogP contribution in [0.15, 0.2) is 24.3 Å². The van der Waals surface area contributed by atoms with Gasteiger partial charge in [-0.15, -0.1) is 0 Å². The number of ether oxygens (including phenoxy) is 2. The Labute approximate surface area is 344 Å². The number of carbonyl (C=O) groups is 5. The van der Waals surface area contributed by atoms with E-state index in [-0.39, 0.29) is 37.6 Å². The first-order valence-corrected chi connectivity index (χ1v) is 20.4. The Balaban J connectivity index is 2.30. The van der Waals surface area contributed by atoms with Gasteiger partial charge in [-0.2, -0.15) is 0 Å². The summed E-state index contributed by atoms with van der Waals surface area (Å²) in [7, 11) is 3.00. The Hall–Kier alpha value is -4.12. The van der Waals surface area contributed by atoms with Crippen molar-refractivity contribution in [2.24, 2.45) is 35.1 Å². The Bertz CT molecular complexity index is 1510. The maximum atomic E-state index is 14.3. The first-order chi connectivity index (χ1) is 27.2. The molecule has 1 heterocycles. The molecule has 16 nitrogen and oxygen atoms in total. The van der Waals surface area contributed by atoms with Crippen LogP contribution in [0.25, 0.3) is 0 Å². The number of nitrogens with one attached hydrogen (secondary N) is 2. The zero-order valence-electron chi connectivity index (χ0n) is 36.0. The van der Waals surface area contributed by atoms with Crippen molar-refractivity contribution in [2.75, 3.05) is 20.7 Å². The largest absolute Gasteiger partial charge is 0.497 e. The van der Waals surface area contributed by atoms with E-state index in [0.717, 1.165) is 0 Å². The number of aliphatic hydroxyl groups excluding tert-OH is 2. The van der Waals surface area contributed by atoms with E-state index in [1.54, 1.807) is 51.3 Å². The van der Waals surface area contributed by atoms with E-state index >= 15 is 0 Å². The van der Waals surface area contributed by atoms with Crippen molar-refractivity contribution < 1.29 is 48.5 Å². The van der Waals surface area contributed by atoms with Crippen LogP contribution < -0.4 is 26.8 Å². The lowest BCUT2D eigenvalue weighted by Crippen LogP contribution is -2.59. The zero-order chi connectivity index (χ0) is 44.0. The molecule has 0 aromatic heterocycles. The van der Waals surface area contributed by atoms with Crippen LogP contribution in [0.3, 0.4) is 0 Å². The Morgan fingerprint density at radius 3 is 2.12 bits per heavy atom. The normalized spacial score (nSPS) is 19.4. The maximum Gasteiger partial charge on any atom is 0.308 e. The molecular formula is C42H69N6O10. The van der Waals surface area contributed by atoms with Gasteiger partial charge in [0.05, 0.1) is 25.6 Å². The van der Waals surface area contributed by atoms with Crippen LogP contribution in [0.1, 0.15) is 93.1 Å². The van der Waals surface area contributed by atoms with Gasteiger partial charge >= 0.3 is 5.97 Å². The summed E-state index contributed by atoms with van der Waals surface area (Å²) in [4.78, 5) is 83.2. The first kappa shape index (κ1) is 50.0.